The molecular formula is C11H12N2O. The maximum Gasteiger partial charge on any atom is 0.0933 e. The van der Waals surface area contributed by atoms with Crippen molar-refractivity contribution >= 4 is 0 Å². The molecule has 0 aliphatic rings. The Hall–Kier alpha value is -1.61. The molecule has 2 aromatic rings. The smallest absolute Gasteiger partial charge is 0.0933 e. The van der Waals surface area contributed by atoms with Crippen LogP contribution in [-0.4, -0.2) is 14.9 Å². The van der Waals surface area contributed by atoms with Gasteiger partial charge in [-0.3, -0.25) is 0 Å². The molecule has 1 heterocycles. The van der Waals surface area contributed by atoms with Crippen LogP contribution in [0.25, 0.3) is 5.69 Å². The molecule has 0 bridgehead atoms. The van der Waals surface area contributed by atoms with E-state index >= 15 is 0 Å². The monoisotopic (exact) mass is 188 g/mol. The number of nitrogens with zero attached hydrogens (tertiary/aromatic N) is 2. The molecule has 1 unspecified atom stereocenters. The summed E-state index contributed by atoms with van der Waals surface area (Å²) < 4.78 is 1.74. The Bertz CT molecular complexity index is 406. The molecule has 3 nitrogen and oxygen atoms in total. The summed E-state index contributed by atoms with van der Waals surface area (Å²) in [5, 5.41) is 13.7. The minimum Gasteiger partial charge on any atom is -0.387 e. The molecule has 0 spiro atoms. The molecule has 72 valence electrons. The van der Waals surface area contributed by atoms with Crippen molar-refractivity contribution in [3.8, 4) is 5.69 Å². The number of hydrogen-bond donors (Lipinski definition) is 1. The third-order valence-electron chi connectivity index (χ3n) is 2.10. The standard InChI is InChI=1S/C11H12N2O/c1-9(14)11-7-8-12-13(11)10-5-3-2-4-6-10/h2-9,14H,1H3. The summed E-state index contributed by atoms with van der Waals surface area (Å²) in [6.45, 7) is 1.73. The Kier molecular flexibility index (Phi) is 2.33. The molecule has 0 fully saturated rings. The second-order valence-corrected chi connectivity index (χ2v) is 3.18. The first kappa shape index (κ1) is 8.97. The van der Waals surface area contributed by atoms with Gasteiger partial charge in [0.15, 0.2) is 0 Å². The normalized spacial score (nSPS) is 12.7. The highest BCUT2D eigenvalue weighted by atomic mass is 16.3. The lowest BCUT2D eigenvalue weighted by molar-refractivity contribution is 0.191. The average molecular weight is 188 g/mol. The molecule has 1 N–H and O–H groups in total. The van der Waals surface area contributed by atoms with Gasteiger partial charge >= 0.3 is 0 Å². The summed E-state index contributed by atoms with van der Waals surface area (Å²) in [5.74, 6) is 0. The van der Waals surface area contributed by atoms with Gasteiger partial charge in [0.1, 0.15) is 0 Å². The van der Waals surface area contributed by atoms with Crippen LogP contribution < -0.4 is 0 Å². The molecule has 0 saturated carbocycles. The first-order valence-electron chi connectivity index (χ1n) is 4.56. The van der Waals surface area contributed by atoms with E-state index in [0.29, 0.717) is 0 Å². The number of hydrogen-bond acceptors (Lipinski definition) is 2. The van der Waals surface area contributed by atoms with E-state index in [1.165, 1.54) is 0 Å². The third kappa shape index (κ3) is 1.54. The van der Waals surface area contributed by atoms with Gasteiger partial charge in [-0.2, -0.15) is 5.10 Å². The summed E-state index contributed by atoms with van der Waals surface area (Å²) in [6, 6.07) is 11.6. The number of para-hydroxylation sites is 1. The van der Waals surface area contributed by atoms with Crippen LogP contribution in [0.3, 0.4) is 0 Å². The second kappa shape index (κ2) is 3.64. The number of aliphatic hydroxyl groups is 1. The molecule has 1 aromatic carbocycles. The highest BCUT2D eigenvalue weighted by Crippen LogP contribution is 2.15. The molecule has 2 rings (SSSR count). The van der Waals surface area contributed by atoms with Crippen LogP contribution in [0.15, 0.2) is 42.6 Å². The first-order valence-corrected chi connectivity index (χ1v) is 4.56. The average Bonchev–Trinajstić information content (AvgIpc) is 2.67. The van der Waals surface area contributed by atoms with Crippen LogP contribution in [0.5, 0.6) is 0 Å². The maximum absolute atomic E-state index is 9.49. The Morgan fingerprint density at radius 1 is 1.21 bits per heavy atom. The SMILES string of the molecule is CC(O)c1ccnn1-c1ccccc1. The van der Waals surface area contributed by atoms with Gasteiger partial charge in [-0.1, -0.05) is 18.2 Å². The third-order valence-corrected chi connectivity index (χ3v) is 2.10. The molecule has 0 amide bonds. The molecule has 0 aliphatic heterocycles. The number of aliphatic hydroxyl groups excluding tert-OH is 1. The van der Waals surface area contributed by atoms with E-state index in [-0.39, 0.29) is 0 Å². The zero-order chi connectivity index (χ0) is 9.97. The van der Waals surface area contributed by atoms with E-state index in [4.69, 9.17) is 0 Å². The van der Waals surface area contributed by atoms with E-state index in [9.17, 15) is 5.11 Å². The van der Waals surface area contributed by atoms with Crippen molar-refractivity contribution in [2.24, 2.45) is 0 Å². The van der Waals surface area contributed by atoms with Crippen LogP contribution >= 0.6 is 0 Å². The van der Waals surface area contributed by atoms with E-state index in [1.54, 1.807) is 17.8 Å². The highest BCUT2D eigenvalue weighted by molar-refractivity contribution is 5.32. The number of aromatic nitrogens is 2. The molecule has 3 heteroatoms. The second-order valence-electron chi connectivity index (χ2n) is 3.18. The van der Waals surface area contributed by atoms with E-state index < -0.39 is 6.10 Å². The van der Waals surface area contributed by atoms with Crippen LogP contribution in [0.1, 0.15) is 18.7 Å². The minimum atomic E-state index is -0.502. The quantitative estimate of drug-likeness (QED) is 0.782. The van der Waals surface area contributed by atoms with Crippen molar-refractivity contribution in [1.82, 2.24) is 9.78 Å². The van der Waals surface area contributed by atoms with Gasteiger partial charge in [0.2, 0.25) is 0 Å². The Balaban J connectivity index is 2.47. The zero-order valence-electron chi connectivity index (χ0n) is 7.96. The van der Waals surface area contributed by atoms with E-state index in [0.717, 1.165) is 11.4 Å². The topological polar surface area (TPSA) is 38.1 Å². The maximum atomic E-state index is 9.49. The number of rotatable bonds is 2. The number of benzene rings is 1. The van der Waals surface area contributed by atoms with Gasteiger partial charge < -0.3 is 5.11 Å². The fraction of sp³-hybridized carbons (Fsp3) is 0.182. The van der Waals surface area contributed by atoms with E-state index in [2.05, 4.69) is 5.10 Å². The fourth-order valence-corrected chi connectivity index (χ4v) is 1.41. The lowest BCUT2D eigenvalue weighted by atomic mass is 10.2. The largest absolute Gasteiger partial charge is 0.387 e. The molecule has 14 heavy (non-hydrogen) atoms. The predicted molar refractivity (Wildman–Crippen MR) is 54.2 cm³/mol. The van der Waals surface area contributed by atoms with Gasteiger partial charge in [-0.05, 0) is 25.1 Å². The first-order chi connectivity index (χ1) is 6.79. The van der Waals surface area contributed by atoms with Crippen LogP contribution in [0.2, 0.25) is 0 Å². The summed E-state index contributed by atoms with van der Waals surface area (Å²) in [7, 11) is 0. The lowest BCUT2D eigenvalue weighted by Gasteiger charge is -2.08. The van der Waals surface area contributed by atoms with Gasteiger partial charge in [0.05, 0.1) is 17.5 Å². The van der Waals surface area contributed by atoms with Gasteiger partial charge in [0.25, 0.3) is 0 Å². The van der Waals surface area contributed by atoms with E-state index in [1.807, 2.05) is 36.4 Å². The van der Waals surface area contributed by atoms with Crippen molar-refractivity contribution in [2.75, 3.05) is 0 Å². The zero-order valence-corrected chi connectivity index (χ0v) is 7.96. The van der Waals surface area contributed by atoms with Gasteiger partial charge in [-0.25, -0.2) is 4.68 Å². The molecule has 0 aliphatic carbocycles. The summed E-state index contributed by atoms with van der Waals surface area (Å²) >= 11 is 0. The summed E-state index contributed by atoms with van der Waals surface area (Å²) in [6.07, 6.45) is 1.19. The summed E-state index contributed by atoms with van der Waals surface area (Å²) in [5.41, 5.74) is 1.77. The highest BCUT2D eigenvalue weighted by Gasteiger charge is 2.08. The van der Waals surface area contributed by atoms with Crippen LogP contribution in [-0.2, 0) is 0 Å². The van der Waals surface area contributed by atoms with Crippen molar-refractivity contribution in [2.45, 2.75) is 13.0 Å². The van der Waals surface area contributed by atoms with Crippen molar-refractivity contribution in [3.05, 3.63) is 48.3 Å². The summed E-state index contributed by atoms with van der Waals surface area (Å²) in [4.78, 5) is 0. The lowest BCUT2D eigenvalue weighted by Crippen LogP contribution is -2.04. The Morgan fingerprint density at radius 2 is 1.93 bits per heavy atom. The molecule has 0 radical (unpaired) electrons. The fourth-order valence-electron chi connectivity index (χ4n) is 1.41. The minimum absolute atomic E-state index is 0.502. The van der Waals surface area contributed by atoms with Gasteiger partial charge in [-0.15, -0.1) is 0 Å². The van der Waals surface area contributed by atoms with Crippen LogP contribution in [0, 0.1) is 0 Å². The predicted octanol–water partition coefficient (Wildman–Crippen LogP) is 1.93. The Morgan fingerprint density at radius 3 is 2.57 bits per heavy atom. The molecule has 1 atom stereocenters. The molecule has 1 aromatic heterocycles. The van der Waals surface area contributed by atoms with Crippen molar-refractivity contribution in [1.29, 1.82) is 0 Å². The van der Waals surface area contributed by atoms with Crippen molar-refractivity contribution in [3.63, 3.8) is 0 Å². The molecule has 0 saturated heterocycles. The van der Waals surface area contributed by atoms with Gasteiger partial charge in [0, 0.05) is 6.20 Å². The molecular weight excluding hydrogens is 176 g/mol. The van der Waals surface area contributed by atoms with Crippen LogP contribution in [0.4, 0.5) is 0 Å². The van der Waals surface area contributed by atoms with Crippen molar-refractivity contribution < 1.29 is 5.11 Å². The Labute approximate surface area is 82.6 Å².